The summed E-state index contributed by atoms with van der Waals surface area (Å²) in [5.41, 5.74) is 2.84. The molecule has 41 heavy (non-hydrogen) atoms. The van der Waals surface area contributed by atoms with E-state index < -0.39 is 84.0 Å². The van der Waals surface area contributed by atoms with Gasteiger partial charge in [-0.05, 0) is 41.9 Å². The van der Waals surface area contributed by atoms with Crippen LogP contribution in [0.3, 0.4) is 0 Å². The Hall–Kier alpha value is -5.54. The summed E-state index contributed by atoms with van der Waals surface area (Å²) >= 11 is 0. The summed E-state index contributed by atoms with van der Waals surface area (Å²) in [6.07, 6.45) is -5.06. The highest BCUT2D eigenvalue weighted by atomic mass is 19.4. The number of hydrogen-bond donors (Lipinski definition) is 5. The van der Waals surface area contributed by atoms with E-state index in [1.54, 1.807) is 0 Å². The molecule has 2 amide bonds. The van der Waals surface area contributed by atoms with E-state index in [1.165, 1.54) is 0 Å². The maximum atomic E-state index is 13.5. The number of carboxylic acids is 1. The van der Waals surface area contributed by atoms with E-state index in [1.807, 2.05) is 0 Å². The number of amides is 2. The molecule has 13 nitrogen and oxygen atoms in total. The summed E-state index contributed by atoms with van der Waals surface area (Å²) in [4.78, 5) is 63.1. The Labute approximate surface area is 233 Å². The van der Waals surface area contributed by atoms with Gasteiger partial charge in [-0.1, -0.05) is 12.1 Å². The maximum absolute atomic E-state index is 13.5. The van der Waals surface area contributed by atoms with Crippen molar-refractivity contribution in [2.75, 3.05) is 10.6 Å². The number of fused-ring (bicyclic) bond motifs is 1. The Bertz CT molecular complexity index is 1880. The fourth-order valence-electron chi connectivity index (χ4n) is 3.51. The fraction of sp³-hybridized carbons (Fsp3) is 0.160. The molecule has 16 heteroatoms. The smallest absolute Gasteiger partial charge is 0.471 e. The Morgan fingerprint density at radius 1 is 1.12 bits per heavy atom. The number of rotatable bonds is 8. The molecule has 0 bridgehead atoms. The number of H-pyrrole nitrogens is 1. The minimum atomic E-state index is -5.35. The lowest BCUT2D eigenvalue weighted by Gasteiger charge is -2.24. The first kappa shape index (κ1) is 23.4. The molecule has 0 radical (unpaired) electrons. The average molecular weight is 575 g/mol. The van der Waals surface area contributed by atoms with Crippen LogP contribution in [0.25, 0.3) is 11.2 Å². The minimum Gasteiger partial charge on any atom is -0.508 e. The lowest BCUT2D eigenvalue weighted by Crippen LogP contribution is -2.42. The van der Waals surface area contributed by atoms with Crippen molar-refractivity contribution in [1.82, 2.24) is 25.3 Å². The molecule has 0 saturated carbocycles. The number of aromatic hydroxyl groups is 1. The number of carboxylic acid groups (broad SMARTS) is 1. The van der Waals surface area contributed by atoms with Crippen LogP contribution in [0.2, 0.25) is 0 Å². The van der Waals surface area contributed by atoms with E-state index >= 15 is 0 Å². The number of benzene rings is 2. The first-order valence-electron chi connectivity index (χ1n) is 13.3. The molecule has 0 fully saturated rings. The summed E-state index contributed by atoms with van der Waals surface area (Å²) in [6, 6.07) is -0.879. The van der Waals surface area contributed by atoms with Gasteiger partial charge in [0.1, 0.15) is 11.8 Å². The topological polar surface area (TPSA) is 204 Å². The number of aliphatic carboxylic acids is 1. The van der Waals surface area contributed by atoms with Gasteiger partial charge in [-0.15, -0.1) is 0 Å². The number of hydrogen-bond acceptors (Lipinski definition) is 9. The molecule has 2 heterocycles. The normalized spacial score (nSPS) is 13.4. The number of carbonyl (C=O) groups is 3. The number of nitrogens with two attached hydrogens (primary N) is 1. The number of phenolic OH excluding ortho intramolecular Hbond substituents is 1. The van der Waals surface area contributed by atoms with Crippen LogP contribution >= 0.6 is 0 Å². The average Bonchev–Trinajstić information content (AvgIpc) is 2.98. The SMILES string of the molecule is [2H]c1c([2H])c(C[C@H](NC(=O)c2ccc(N(Cc3cnc4nc(N)[nH]c(=O)c4n3)C(=O)C(F)(F)F)cc2)C(=O)O)c([2H])c([2H])c1O. The Morgan fingerprint density at radius 3 is 2.39 bits per heavy atom. The second-order valence-electron chi connectivity index (χ2n) is 8.32. The van der Waals surface area contributed by atoms with Gasteiger partial charge in [0.25, 0.3) is 11.5 Å². The number of alkyl halides is 3. The molecule has 0 unspecified atom stereocenters. The van der Waals surface area contributed by atoms with Gasteiger partial charge in [0, 0.05) is 17.7 Å². The van der Waals surface area contributed by atoms with Crippen molar-refractivity contribution in [3.05, 3.63) is 81.8 Å². The molecule has 2 aromatic heterocycles. The summed E-state index contributed by atoms with van der Waals surface area (Å²) in [6.45, 7) is -0.814. The molecule has 0 aliphatic carbocycles. The van der Waals surface area contributed by atoms with Gasteiger partial charge < -0.3 is 21.3 Å². The van der Waals surface area contributed by atoms with Crippen LogP contribution in [0.5, 0.6) is 5.75 Å². The molecule has 0 saturated heterocycles. The Balaban J connectivity index is 1.60. The Kier molecular flexibility index (Phi) is 6.43. The number of nitrogens with zero attached hydrogens (tertiary/aromatic N) is 4. The zero-order chi connectivity index (χ0) is 33.4. The van der Waals surface area contributed by atoms with Crippen molar-refractivity contribution >= 4 is 40.6 Å². The molecule has 0 spiro atoms. The van der Waals surface area contributed by atoms with Gasteiger partial charge >= 0.3 is 18.1 Å². The van der Waals surface area contributed by atoms with Crippen molar-refractivity contribution in [1.29, 1.82) is 0 Å². The third-order valence-electron chi connectivity index (χ3n) is 5.41. The monoisotopic (exact) mass is 575 g/mol. The van der Waals surface area contributed by atoms with E-state index in [2.05, 4.69) is 25.3 Å². The van der Waals surface area contributed by atoms with Gasteiger partial charge in [-0.25, -0.2) is 14.8 Å². The van der Waals surface area contributed by atoms with Gasteiger partial charge in [0.2, 0.25) is 5.95 Å². The van der Waals surface area contributed by atoms with Gasteiger partial charge in [-0.3, -0.25) is 24.3 Å². The highest BCUT2D eigenvalue weighted by Gasteiger charge is 2.43. The standard InChI is InChI=1S/C25H20F3N7O6/c26-25(27,28)23(41)35(11-14-10-30-19-18(31-14)21(38)34-24(29)33-19)15-5-3-13(4-6-15)20(37)32-17(22(39)40)9-12-1-7-16(36)8-2-12/h1-8,10,17,36H,9,11H2,(H,32,37)(H,39,40)(H3,29,30,33,34,38)/t17-/m0/s1/i1D,2D,7D,8D. The number of phenols is 1. The third kappa shape index (κ3) is 6.73. The Morgan fingerprint density at radius 2 is 1.78 bits per heavy atom. The largest absolute Gasteiger partial charge is 0.508 e. The summed E-state index contributed by atoms with van der Waals surface area (Å²) in [5, 5.41) is 21.5. The van der Waals surface area contributed by atoms with E-state index in [0.29, 0.717) is 0 Å². The second-order valence-corrected chi connectivity index (χ2v) is 8.32. The zero-order valence-corrected chi connectivity index (χ0v) is 20.4. The molecule has 4 aromatic rings. The number of aromatic nitrogens is 4. The van der Waals surface area contributed by atoms with Crippen LogP contribution in [0.15, 0.2) is 59.4 Å². The first-order chi connectivity index (χ1) is 21.0. The highest BCUT2D eigenvalue weighted by molar-refractivity contribution is 5.99. The fourth-order valence-corrected chi connectivity index (χ4v) is 3.51. The summed E-state index contributed by atoms with van der Waals surface area (Å²) in [5.74, 6) is -6.17. The predicted octanol–water partition coefficient (Wildman–Crippen LogP) is 1.52. The number of halogens is 3. The summed E-state index contributed by atoms with van der Waals surface area (Å²) < 4.78 is 71.7. The quantitative estimate of drug-likeness (QED) is 0.205. The number of carbonyl (C=O) groups excluding carboxylic acids is 2. The predicted molar refractivity (Wildman–Crippen MR) is 137 cm³/mol. The highest BCUT2D eigenvalue weighted by Crippen LogP contribution is 2.26. The molecular formula is C25H20F3N7O6. The van der Waals surface area contributed by atoms with Crippen molar-refractivity contribution in [2.45, 2.75) is 25.2 Å². The van der Waals surface area contributed by atoms with Crippen LogP contribution in [-0.2, 0) is 22.6 Å². The lowest BCUT2D eigenvalue weighted by atomic mass is 10.1. The van der Waals surface area contributed by atoms with Crippen molar-refractivity contribution in [3.8, 4) is 5.75 Å². The number of nitrogen functional groups attached to an aromatic ring is 1. The molecule has 6 N–H and O–H groups in total. The van der Waals surface area contributed by atoms with Gasteiger partial charge in [0.05, 0.1) is 23.9 Å². The summed E-state index contributed by atoms with van der Waals surface area (Å²) in [7, 11) is 0. The molecule has 2 aromatic carbocycles. The van der Waals surface area contributed by atoms with E-state index in [-0.39, 0.29) is 39.0 Å². The van der Waals surface area contributed by atoms with Crippen LogP contribution in [0.1, 0.15) is 27.1 Å². The number of aromatic amines is 1. The number of nitrogens with one attached hydrogen (secondary N) is 2. The molecule has 1 atom stereocenters. The van der Waals surface area contributed by atoms with Crippen molar-refractivity contribution in [3.63, 3.8) is 0 Å². The van der Waals surface area contributed by atoms with E-state index in [9.17, 15) is 42.6 Å². The van der Waals surface area contributed by atoms with Crippen LogP contribution in [0, 0.1) is 0 Å². The van der Waals surface area contributed by atoms with Crippen LogP contribution in [-0.4, -0.2) is 60.2 Å². The van der Waals surface area contributed by atoms with Gasteiger partial charge in [0.15, 0.2) is 11.2 Å². The van der Waals surface area contributed by atoms with Gasteiger partial charge in [-0.2, -0.15) is 18.2 Å². The molecular weight excluding hydrogens is 551 g/mol. The third-order valence-corrected chi connectivity index (χ3v) is 5.41. The van der Waals surface area contributed by atoms with Crippen molar-refractivity contribution in [2.24, 2.45) is 0 Å². The minimum absolute atomic E-state index is 0.188. The molecule has 212 valence electrons. The van der Waals surface area contributed by atoms with Crippen LogP contribution < -0.4 is 21.5 Å². The lowest BCUT2D eigenvalue weighted by molar-refractivity contribution is -0.170. The zero-order valence-electron chi connectivity index (χ0n) is 24.4. The van der Waals surface area contributed by atoms with E-state index in [4.69, 9.17) is 11.2 Å². The molecule has 4 rings (SSSR count). The number of anilines is 2. The molecule has 0 aliphatic heterocycles. The maximum Gasteiger partial charge on any atom is 0.471 e. The van der Waals surface area contributed by atoms with Crippen molar-refractivity contribution < 1.29 is 43.3 Å². The second kappa shape index (κ2) is 11.3. The van der Waals surface area contributed by atoms with Crippen LogP contribution in [0.4, 0.5) is 24.8 Å². The first-order valence-corrected chi connectivity index (χ1v) is 11.3. The van der Waals surface area contributed by atoms with E-state index in [0.717, 1.165) is 30.5 Å². The molecule has 0 aliphatic rings.